The third-order valence-electron chi connectivity index (χ3n) is 3.62. The molecule has 1 saturated carbocycles. The van der Waals surface area contributed by atoms with Crippen LogP contribution in [-0.2, 0) is 14.3 Å². The monoisotopic (exact) mass is 243 g/mol. The molecule has 0 heterocycles. The minimum absolute atomic E-state index is 0.124. The molecule has 0 unspecified atom stereocenters. The Morgan fingerprint density at radius 2 is 2.06 bits per heavy atom. The predicted octanol–water partition coefficient (Wildman–Crippen LogP) is 1.73. The normalized spacial score (nSPS) is 29.0. The molecule has 0 aliphatic heterocycles. The van der Waals surface area contributed by atoms with E-state index in [1.54, 1.807) is 0 Å². The molecule has 0 radical (unpaired) electrons. The summed E-state index contributed by atoms with van der Waals surface area (Å²) in [6.45, 7) is 6.27. The Balaban J connectivity index is 2.51. The zero-order chi connectivity index (χ0) is 12.7. The molecular formula is C13H25NO3. The van der Waals surface area contributed by atoms with E-state index >= 15 is 0 Å². The molecule has 17 heavy (non-hydrogen) atoms. The lowest BCUT2D eigenvalue weighted by molar-refractivity contribution is -0.150. The molecule has 0 aromatic carbocycles. The van der Waals surface area contributed by atoms with Crippen LogP contribution in [0.25, 0.3) is 0 Å². The zero-order valence-electron chi connectivity index (χ0n) is 11.3. The van der Waals surface area contributed by atoms with Gasteiger partial charge in [0.05, 0.1) is 13.7 Å². The highest BCUT2D eigenvalue weighted by Gasteiger charge is 2.41. The van der Waals surface area contributed by atoms with Crippen molar-refractivity contribution in [2.24, 2.45) is 5.92 Å². The quantitative estimate of drug-likeness (QED) is 0.570. The van der Waals surface area contributed by atoms with Gasteiger partial charge in [0.15, 0.2) is 0 Å². The molecular weight excluding hydrogens is 218 g/mol. The van der Waals surface area contributed by atoms with E-state index in [1.165, 1.54) is 7.11 Å². The Bertz CT molecular complexity index is 235. The Hall–Kier alpha value is -0.610. The molecule has 0 amide bonds. The van der Waals surface area contributed by atoms with Crippen LogP contribution in [0.1, 0.15) is 39.5 Å². The predicted molar refractivity (Wildman–Crippen MR) is 66.9 cm³/mol. The standard InChI is InChI=1S/C13H25NO3/c1-4-17-10-9-14-13(12(15)16-3)7-5-11(2)6-8-13/h11,14H,4-10H2,1-3H3. The van der Waals surface area contributed by atoms with E-state index in [-0.39, 0.29) is 5.97 Å². The van der Waals surface area contributed by atoms with Crippen molar-refractivity contribution in [3.63, 3.8) is 0 Å². The Labute approximate surface area is 104 Å². The van der Waals surface area contributed by atoms with Crippen LogP contribution in [-0.4, -0.2) is 38.4 Å². The van der Waals surface area contributed by atoms with Crippen LogP contribution in [0.5, 0.6) is 0 Å². The van der Waals surface area contributed by atoms with Crippen molar-refractivity contribution in [2.45, 2.75) is 45.1 Å². The smallest absolute Gasteiger partial charge is 0.326 e. The highest BCUT2D eigenvalue weighted by atomic mass is 16.5. The van der Waals surface area contributed by atoms with E-state index < -0.39 is 5.54 Å². The molecule has 0 spiro atoms. The average Bonchev–Trinajstić information content (AvgIpc) is 2.36. The van der Waals surface area contributed by atoms with Gasteiger partial charge in [0.2, 0.25) is 0 Å². The van der Waals surface area contributed by atoms with Crippen molar-refractivity contribution in [3.05, 3.63) is 0 Å². The van der Waals surface area contributed by atoms with E-state index in [9.17, 15) is 4.79 Å². The first kappa shape index (κ1) is 14.5. The molecule has 0 saturated heterocycles. The number of carbonyl (C=O) groups excluding carboxylic acids is 1. The fourth-order valence-corrected chi connectivity index (χ4v) is 2.41. The van der Waals surface area contributed by atoms with Gasteiger partial charge >= 0.3 is 5.97 Å². The summed E-state index contributed by atoms with van der Waals surface area (Å²) >= 11 is 0. The van der Waals surface area contributed by atoms with Gasteiger partial charge in [0.25, 0.3) is 0 Å². The van der Waals surface area contributed by atoms with E-state index in [1.807, 2.05) is 6.92 Å². The second-order valence-electron chi connectivity index (χ2n) is 4.88. The third-order valence-corrected chi connectivity index (χ3v) is 3.62. The van der Waals surface area contributed by atoms with Gasteiger partial charge < -0.3 is 9.47 Å². The molecule has 0 aromatic rings. The van der Waals surface area contributed by atoms with Crippen LogP contribution < -0.4 is 5.32 Å². The van der Waals surface area contributed by atoms with Gasteiger partial charge in [0, 0.05) is 13.2 Å². The molecule has 1 aliphatic carbocycles. The van der Waals surface area contributed by atoms with E-state index in [0.29, 0.717) is 25.7 Å². The topological polar surface area (TPSA) is 47.6 Å². The fraction of sp³-hybridized carbons (Fsp3) is 0.923. The Kier molecular flexibility index (Phi) is 5.92. The second kappa shape index (κ2) is 6.97. The van der Waals surface area contributed by atoms with Crippen LogP contribution in [0.2, 0.25) is 0 Å². The molecule has 1 fully saturated rings. The minimum Gasteiger partial charge on any atom is -0.468 e. The highest BCUT2D eigenvalue weighted by molar-refractivity contribution is 5.80. The lowest BCUT2D eigenvalue weighted by Crippen LogP contribution is -2.55. The van der Waals surface area contributed by atoms with Gasteiger partial charge in [-0.3, -0.25) is 10.1 Å². The summed E-state index contributed by atoms with van der Waals surface area (Å²) in [7, 11) is 1.46. The van der Waals surface area contributed by atoms with Crippen LogP contribution in [0.3, 0.4) is 0 Å². The second-order valence-corrected chi connectivity index (χ2v) is 4.88. The number of nitrogens with one attached hydrogen (secondary N) is 1. The van der Waals surface area contributed by atoms with Crippen LogP contribution in [0.15, 0.2) is 0 Å². The van der Waals surface area contributed by atoms with Gasteiger partial charge in [-0.1, -0.05) is 6.92 Å². The maximum Gasteiger partial charge on any atom is 0.326 e. The SMILES string of the molecule is CCOCCNC1(C(=O)OC)CCC(C)CC1. The molecule has 0 bridgehead atoms. The number of hydrogen-bond acceptors (Lipinski definition) is 4. The molecule has 1 aliphatic rings. The van der Waals surface area contributed by atoms with E-state index in [2.05, 4.69) is 12.2 Å². The molecule has 1 rings (SSSR count). The van der Waals surface area contributed by atoms with Crippen molar-refractivity contribution in [3.8, 4) is 0 Å². The average molecular weight is 243 g/mol. The summed E-state index contributed by atoms with van der Waals surface area (Å²) in [4.78, 5) is 11.9. The van der Waals surface area contributed by atoms with Crippen LogP contribution in [0, 0.1) is 5.92 Å². The fourth-order valence-electron chi connectivity index (χ4n) is 2.41. The van der Waals surface area contributed by atoms with Crippen molar-refractivity contribution in [2.75, 3.05) is 26.9 Å². The van der Waals surface area contributed by atoms with Crippen molar-refractivity contribution in [1.82, 2.24) is 5.32 Å². The summed E-state index contributed by atoms with van der Waals surface area (Å²) in [5.41, 5.74) is -0.474. The van der Waals surface area contributed by atoms with E-state index in [0.717, 1.165) is 25.7 Å². The first-order chi connectivity index (χ1) is 8.14. The van der Waals surface area contributed by atoms with Crippen molar-refractivity contribution >= 4 is 5.97 Å². The molecule has 100 valence electrons. The third kappa shape index (κ3) is 3.96. The lowest BCUT2D eigenvalue weighted by atomic mass is 9.77. The van der Waals surface area contributed by atoms with E-state index in [4.69, 9.17) is 9.47 Å². The number of rotatable bonds is 6. The number of esters is 1. The van der Waals surface area contributed by atoms with Crippen LogP contribution in [0.4, 0.5) is 0 Å². The summed E-state index contributed by atoms with van der Waals surface area (Å²) in [6.07, 6.45) is 3.90. The number of carbonyl (C=O) groups is 1. The summed E-state index contributed by atoms with van der Waals surface area (Å²) in [5, 5.41) is 3.34. The van der Waals surface area contributed by atoms with Gasteiger partial charge in [-0.05, 0) is 38.5 Å². The van der Waals surface area contributed by atoms with Gasteiger partial charge in [-0.2, -0.15) is 0 Å². The molecule has 4 heteroatoms. The summed E-state index contributed by atoms with van der Waals surface area (Å²) < 4.78 is 10.2. The van der Waals surface area contributed by atoms with Crippen molar-refractivity contribution < 1.29 is 14.3 Å². The molecule has 0 atom stereocenters. The molecule has 1 N–H and O–H groups in total. The van der Waals surface area contributed by atoms with Crippen molar-refractivity contribution in [1.29, 1.82) is 0 Å². The Morgan fingerprint density at radius 3 is 2.59 bits per heavy atom. The zero-order valence-corrected chi connectivity index (χ0v) is 11.3. The van der Waals surface area contributed by atoms with Crippen LogP contribution >= 0.6 is 0 Å². The minimum atomic E-state index is -0.474. The summed E-state index contributed by atoms with van der Waals surface area (Å²) in [6, 6.07) is 0. The molecule has 4 nitrogen and oxygen atoms in total. The summed E-state index contributed by atoms with van der Waals surface area (Å²) in [5.74, 6) is 0.586. The Morgan fingerprint density at radius 1 is 1.41 bits per heavy atom. The van der Waals surface area contributed by atoms with Gasteiger partial charge in [-0.25, -0.2) is 0 Å². The van der Waals surface area contributed by atoms with Gasteiger partial charge in [0.1, 0.15) is 5.54 Å². The first-order valence-electron chi connectivity index (χ1n) is 6.56. The highest BCUT2D eigenvalue weighted by Crippen LogP contribution is 2.32. The number of methoxy groups -OCH3 is 1. The molecule has 0 aromatic heterocycles. The lowest BCUT2D eigenvalue weighted by Gasteiger charge is -2.37. The largest absolute Gasteiger partial charge is 0.468 e. The van der Waals surface area contributed by atoms with Gasteiger partial charge in [-0.15, -0.1) is 0 Å². The maximum absolute atomic E-state index is 11.9. The number of ether oxygens (including phenoxy) is 2. The number of hydrogen-bond donors (Lipinski definition) is 1. The first-order valence-corrected chi connectivity index (χ1v) is 6.56. The maximum atomic E-state index is 11.9.